The number of hydrogen-bond acceptors (Lipinski definition) is 4. The van der Waals surface area contributed by atoms with Crippen molar-refractivity contribution in [1.29, 1.82) is 5.26 Å². The van der Waals surface area contributed by atoms with E-state index in [1.807, 2.05) is 0 Å². The summed E-state index contributed by atoms with van der Waals surface area (Å²) < 4.78 is 6.14. The van der Waals surface area contributed by atoms with Crippen LogP contribution in [0.25, 0.3) is 0 Å². The number of thioether (sulfide) groups is 1. The van der Waals surface area contributed by atoms with E-state index >= 15 is 0 Å². The van der Waals surface area contributed by atoms with Crippen LogP contribution in [-0.2, 0) is 4.74 Å². The third-order valence-corrected chi connectivity index (χ3v) is 5.77. The second kappa shape index (κ2) is 5.40. The number of nitriles is 1. The molecule has 0 aromatic carbocycles. The molecule has 3 nitrogen and oxygen atoms in total. The number of nitrogens with zero attached hydrogens (tertiary/aromatic N) is 2. The zero-order chi connectivity index (χ0) is 12.4. The van der Waals surface area contributed by atoms with Gasteiger partial charge in [0.05, 0.1) is 17.7 Å². The zero-order valence-electron chi connectivity index (χ0n) is 10.9. The summed E-state index contributed by atoms with van der Waals surface area (Å²) in [5.74, 6) is 2.49. The molecule has 0 radical (unpaired) electrons. The topological polar surface area (TPSA) is 36.3 Å². The van der Waals surface area contributed by atoms with Gasteiger partial charge in [0.1, 0.15) is 0 Å². The van der Waals surface area contributed by atoms with Crippen LogP contribution in [0.15, 0.2) is 0 Å². The Bertz CT molecular complexity index is 330. The molecule has 3 aliphatic heterocycles. The van der Waals surface area contributed by atoms with E-state index in [1.165, 1.54) is 30.8 Å². The van der Waals surface area contributed by atoms with Crippen molar-refractivity contribution < 1.29 is 4.74 Å². The summed E-state index contributed by atoms with van der Waals surface area (Å²) in [5.41, 5.74) is 0.150. The van der Waals surface area contributed by atoms with Crippen molar-refractivity contribution in [3.05, 3.63) is 0 Å². The molecule has 18 heavy (non-hydrogen) atoms. The van der Waals surface area contributed by atoms with E-state index in [-0.39, 0.29) is 11.6 Å². The third-order valence-electron chi connectivity index (χ3n) is 4.78. The van der Waals surface area contributed by atoms with Crippen molar-refractivity contribution in [2.75, 3.05) is 24.7 Å². The Hall–Kier alpha value is -0.240. The van der Waals surface area contributed by atoms with Crippen molar-refractivity contribution in [1.82, 2.24) is 4.90 Å². The van der Waals surface area contributed by atoms with Gasteiger partial charge in [0.25, 0.3) is 0 Å². The van der Waals surface area contributed by atoms with Gasteiger partial charge in [-0.2, -0.15) is 17.0 Å². The van der Waals surface area contributed by atoms with Gasteiger partial charge in [0.2, 0.25) is 0 Å². The molecule has 2 atom stereocenters. The van der Waals surface area contributed by atoms with Crippen LogP contribution in [0, 0.1) is 11.3 Å². The molecule has 1 spiro atoms. The minimum Gasteiger partial charge on any atom is -0.375 e. The van der Waals surface area contributed by atoms with Crippen LogP contribution < -0.4 is 0 Å². The Morgan fingerprint density at radius 2 is 2.11 bits per heavy atom. The van der Waals surface area contributed by atoms with Crippen LogP contribution in [0.4, 0.5) is 0 Å². The summed E-state index contributed by atoms with van der Waals surface area (Å²) in [5, 5.41) is 9.24. The van der Waals surface area contributed by atoms with Gasteiger partial charge in [-0.1, -0.05) is 0 Å². The average Bonchev–Trinajstić information content (AvgIpc) is 2.88. The highest BCUT2D eigenvalue weighted by Crippen LogP contribution is 2.40. The van der Waals surface area contributed by atoms with Gasteiger partial charge in [-0.15, -0.1) is 0 Å². The monoisotopic (exact) mass is 266 g/mol. The highest BCUT2D eigenvalue weighted by Gasteiger charge is 2.42. The van der Waals surface area contributed by atoms with E-state index in [2.05, 4.69) is 22.7 Å². The van der Waals surface area contributed by atoms with Crippen molar-refractivity contribution in [3.8, 4) is 6.07 Å². The van der Waals surface area contributed by atoms with Crippen LogP contribution in [0.3, 0.4) is 0 Å². The number of likely N-dealkylation sites (tertiary alicyclic amines) is 1. The van der Waals surface area contributed by atoms with Gasteiger partial charge in [-0.3, -0.25) is 4.90 Å². The predicted octanol–water partition coefficient (Wildman–Crippen LogP) is 2.42. The minimum atomic E-state index is 0.150. The summed E-state index contributed by atoms with van der Waals surface area (Å²) in [6.45, 7) is 2.01. The molecule has 0 saturated carbocycles. The van der Waals surface area contributed by atoms with Gasteiger partial charge < -0.3 is 4.74 Å². The fraction of sp³-hybridized carbons (Fsp3) is 0.929. The molecule has 0 bridgehead atoms. The van der Waals surface area contributed by atoms with Gasteiger partial charge in [0.15, 0.2) is 0 Å². The van der Waals surface area contributed by atoms with E-state index in [1.54, 1.807) is 0 Å². The smallest absolute Gasteiger partial charge is 0.0980 e. The lowest BCUT2D eigenvalue weighted by Crippen LogP contribution is -2.51. The lowest BCUT2D eigenvalue weighted by Gasteiger charge is -2.46. The first-order chi connectivity index (χ1) is 8.83. The summed E-state index contributed by atoms with van der Waals surface area (Å²) in [6.07, 6.45) is 6.95. The van der Waals surface area contributed by atoms with Crippen molar-refractivity contribution in [3.63, 3.8) is 0 Å². The molecule has 0 aromatic rings. The van der Waals surface area contributed by atoms with Gasteiger partial charge in [-0.05, 0) is 56.6 Å². The van der Waals surface area contributed by atoms with Crippen molar-refractivity contribution >= 4 is 11.8 Å². The van der Waals surface area contributed by atoms with Gasteiger partial charge in [-0.25, -0.2) is 0 Å². The van der Waals surface area contributed by atoms with Crippen LogP contribution in [0.2, 0.25) is 0 Å². The van der Waals surface area contributed by atoms with Crippen molar-refractivity contribution in [2.45, 2.75) is 56.2 Å². The first-order valence-electron chi connectivity index (χ1n) is 7.20. The molecule has 3 fully saturated rings. The Morgan fingerprint density at radius 3 is 2.89 bits per heavy atom. The van der Waals surface area contributed by atoms with Crippen molar-refractivity contribution in [2.24, 2.45) is 0 Å². The molecule has 3 saturated heterocycles. The lowest BCUT2D eigenvalue weighted by molar-refractivity contribution is -0.110. The highest BCUT2D eigenvalue weighted by atomic mass is 32.2. The number of hydrogen-bond donors (Lipinski definition) is 0. The van der Waals surface area contributed by atoms with Gasteiger partial charge in [0, 0.05) is 12.6 Å². The Morgan fingerprint density at radius 1 is 1.28 bits per heavy atom. The number of ether oxygens (including phenoxy) is 1. The summed E-state index contributed by atoms with van der Waals surface area (Å²) >= 11 is 2.06. The quantitative estimate of drug-likeness (QED) is 0.730. The Balaban J connectivity index is 1.68. The zero-order valence-corrected chi connectivity index (χ0v) is 11.8. The second-order valence-electron chi connectivity index (χ2n) is 5.82. The second-order valence-corrected chi connectivity index (χ2v) is 7.04. The molecular weight excluding hydrogens is 244 g/mol. The van der Waals surface area contributed by atoms with E-state index in [4.69, 9.17) is 4.74 Å². The molecule has 0 aliphatic carbocycles. The average molecular weight is 266 g/mol. The summed E-state index contributed by atoms with van der Waals surface area (Å²) in [4.78, 5) is 2.46. The van der Waals surface area contributed by atoms with Crippen LogP contribution in [-0.4, -0.2) is 47.2 Å². The predicted molar refractivity (Wildman–Crippen MR) is 73.6 cm³/mol. The Labute approximate surface area is 114 Å². The summed E-state index contributed by atoms with van der Waals surface area (Å²) in [7, 11) is 0. The van der Waals surface area contributed by atoms with Crippen LogP contribution >= 0.6 is 11.8 Å². The fourth-order valence-corrected chi connectivity index (χ4v) is 4.98. The molecule has 0 amide bonds. The summed E-state index contributed by atoms with van der Waals surface area (Å²) in [6, 6.07) is 3.24. The minimum absolute atomic E-state index is 0.150. The van der Waals surface area contributed by atoms with E-state index in [0.29, 0.717) is 6.04 Å². The van der Waals surface area contributed by atoms with E-state index < -0.39 is 0 Å². The maximum Gasteiger partial charge on any atom is 0.0980 e. The molecular formula is C14H22N2OS. The van der Waals surface area contributed by atoms with E-state index in [9.17, 15) is 5.26 Å². The molecule has 0 aromatic heterocycles. The molecule has 3 aliphatic rings. The fourth-order valence-electron chi connectivity index (χ4n) is 3.74. The third kappa shape index (κ3) is 2.41. The van der Waals surface area contributed by atoms with Crippen LogP contribution in [0.1, 0.15) is 38.5 Å². The number of rotatable bonds is 1. The lowest BCUT2D eigenvalue weighted by atomic mass is 9.84. The van der Waals surface area contributed by atoms with Crippen LogP contribution in [0.5, 0.6) is 0 Å². The SMILES string of the molecule is N#CC1CCCN1C1CCOC2(CCSCC2)C1. The molecule has 2 unspecified atom stereocenters. The first kappa shape index (κ1) is 12.8. The molecule has 3 heterocycles. The highest BCUT2D eigenvalue weighted by molar-refractivity contribution is 7.99. The largest absolute Gasteiger partial charge is 0.375 e. The van der Waals surface area contributed by atoms with Gasteiger partial charge >= 0.3 is 0 Å². The first-order valence-corrected chi connectivity index (χ1v) is 8.36. The maximum absolute atomic E-state index is 9.24. The molecule has 3 rings (SSSR count). The standard InChI is InChI=1S/C14H22N2OS/c15-11-13-2-1-6-16(13)12-3-7-17-14(10-12)4-8-18-9-5-14/h12-13H,1-10H2. The Kier molecular flexibility index (Phi) is 3.83. The molecule has 4 heteroatoms. The normalized spacial score (nSPS) is 36.6. The molecule has 0 N–H and O–H groups in total. The molecule has 100 valence electrons. The maximum atomic E-state index is 9.24. The van der Waals surface area contributed by atoms with E-state index in [0.717, 1.165) is 32.4 Å².